The van der Waals surface area contributed by atoms with E-state index in [-0.39, 0.29) is 11.6 Å². The molecule has 4 nitrogen and oxygen atoms in total. The van der Waals surface area contributed by atoms with Gasteiger partial charge in [-0.25, -0.2) is 0 Å². The van der Waals surface area contributed by atoms with E-state index in [2.05, 4.69) is 6.07 Å². The number of hydrogen-bond acceptors (Lipinski definition) is 3. The fourth-order valence-corrected chi connectivity index (χ4v) is 1.33. The zero-order chi connectivity index (χ0) is 10.7. The normalized spacial score (nSPS) is 11.8. The number of nitro benzene ring substituents is 1. The molecule has 1 unspecified atom stereocenters. The lowest BCUT2D eigenvalue weighted by molar-refractivity contribution is -0.384. The lowest BCUT2D eigenvalue weighted by Crippen LogP contribution is -1.95. The molecule has 72 valence electrons. The molecule has 0 aliphatic heterocycles. The third kappa shape index (κ3) is 1.88. The fraction of sp³-hybridized carbons (Fsp3) is 0.300. The molecule has 0 N–H and O–H groups in total. The third-order valence-electron chi connectivity index (χ3n) is 2.12. The lowest BCUT2D eigenvalue weighted by atomic mass is 9.97. The van der Waals surface area contributed by atoms with Crippen LogP contribution in [-0.4, -0.2) is 4.92 Å². The average Bonchev–Trinajstić information content (AvgIpc) is 2.16. The number of non-ortho nitro benzene ring substituents is 1. The van der Waals surface area contributed by atoms with E-state index in [0.717, 1.165) is 11.1 Å². The maximum Gasteiger partial charge on any atom is 0.269 e. The monoisotopic (exact) mass is 190 g/mol. The van der Waals surface area contributed by atoms with Gasteiger partial charge in [-0.2, -0.15) is 5.26 Å². The van der Waals surface area contributed by atoms with E-state index in [4.69, 9.17) is 5.26 Å². The fourth-order valence-electron chi connectivity index (χ4n) is 1.33. The van der Waals surface area contributed by atoms with Crippen molar-refractivity contribution in [2.45, 2.75) is 19.8 Å². The molecule has 14 heavy (non-hydrogen) atoms. The van der Waals surface area contributed by atoms with Crippen LogP contribution in [0.4, 0.5) is 5.69 Å². The van der Waals surface area contributed by atoms with Crippen molar-refractivity contribution >= 4 is 5.69 Å². The summed E-state index contributed by atoms with van der Waals surface area (Å²) in [6.45, 7) is 3.55. The molecule has 0 radical (unpaired) electrons. The molecule has 1 atom stereocenters. The second-order valence-electron chi connectivity index (χ2n) is 3.15. The van der Waals surface area contributed by atoms with Crippen LogP contribution in [-0.2, 0) is 0 Å². The Bertz CT molecular complexity index is 407. The first-order valence-corrected chi connectivity index (χ1v) is 4.21. The van der Waals surface area contributed by atoms with Gasteiger partial charge in [0.15, 0.2) is 0 Å². The highest BCUT2D eigenvalue weighted by Gasteiger charge is 2.11. The van der Waals surface area contributed by atoms with Crippen molar-refractivity contribution in [3.63, 3.8) is 0 Å². The van der Waals surface area contributed by atoms with Gasteiger partial charge in [0.05, 0.1) is 16.9 Å². The first kappa shape index (κ1) is 10.2. The van der Waals surface area contributed by atoms with Gasteiger partial charge in [-0.3, -0.25) is 10.1 Å². The molecule has 0 bridgehead atoms. The van der Waals surface area contributed by atoms with Gasteiger partial charge in [-0.05, 0) is 25.0 Å². The van der Waals surface area contributed by atoms with Crippen molar-refractivity contribution in [3.05, 3.63) is 39.4 Å². The predicted molar refractivity (Wildman–Crippen MR) is 51.9 cm³/mol. The predicted octanol–water partition coefficient (Wildman–Crippen LogP) is 2.53. The van der Waals surface area contributed by atoms with Crippen molar-refractivity contribution in [2.24, 2.45) is 0 Å². The molecule has 0 aliphatic rings. The number of nitriles is 1. The van der Waals surface area contributed by atoms with Gasteiger partial charge in [-0.1, -0.05) is 6.07 Å². The van der Waals surface area contributed by atoms with Crippen molar-refractivity contribution in [1.82, 2.24) is 0 Å². The Balaban J connectivity index is 3.15. The van der Waals surface area contributed by atoms with Crippen LogP contribution in [0.2, 0.25) is 0 Å². The smallest absolute Gasteiger partial charge is 0.258 e. The van der Waals surface area contributed by atoms with Gasteiger partial charge in [0.25, 0.3) is 5.69 Å². The Morgan fingerprint density at radius 1 is 1.57 bits per heavy atom. The molecule has 4 heteroatoms. The Kier molecular flexibility index (Phi) is 2.82. The second kappa shape index (κ2) is 3.88. The minimum atomic E-state index is -0.437. The van der Waals surface area contributed by atoms with E-state index in [9.17, 15) is 10.1 Å². The summed E-state index contributed by atoms with van der Waals surface area (Å²) in [4.78, 5) is 10.0. The van der Waals surface area contributed by atoms with Crippen LogP contribution in [0.5, 0.6) is 0 Å². The van der Waals surface area contributed by atoms with Gasteiger partial charge >= 0.3 is 0 Å². The summed E-state index contributed by atoms with van der Waals surface area (Å²) in [5, 5.41) is 19.2. The molecule has 1 aromatic carbocycles. The largest absolute Gasteiger partial charge is 0.269 e. The molecule has 0 heterocycles. The number of aryl methyl sites for hydroxylation is 1. The number of nitro groups is 1. The SMILES string of the molecule is Cc1cc([N+](=O)[O-])ccc1C(C)C#N. The molecule has 0 aromatic heterocycles. The minimum absolute atomic E-state index is 0.0661. The van der Waals surface area contributed by atoms with Crippen molar-refractivity contribution in [3.8, 4) is 6.07 Å². The Labute approximate surface area is 81.9 Å². The average molecular weight is 190 g/mol. The van der Waals surface area contributed by atoms with E-state index in [0.29, 0.717) is 0 Å². The third-order valence-corrected chi connectivity index (χ3v) is 2.12. The van der Waals surface area contributed by atoms with Crippen LogP contribution in [0.25, 0.3) is 0 Å². The molecule has 0 amide bonds. The maximum absolute atomic E-state index is 10.4. The highest BCUT2D eigenvalue weighted by atomic mass is 16.6. The summed E-state index contributed by atoms with van der Waals surface area (Å²) in [5.41, 5.74) is 1.70. The van der Waals surface area contributed by atoms with Gasteiger partial charge < -0.3 is 0 Å². The van der Waals surface area contributed by atoms with Crippen LogP contribution in [0.15, 0.2) is 18.2 Å². The summed E-state index contributed by atoms with van der Waals surface area (Å²) in [5.74, 6) is -0.226. The van der Waals surface area contributed by atoms with Crippen LogP contribution >= 0.6 is 0 Å². The topological polar surface area (TPSA) is 66.9 Å². The van der Waals surface area contributed by atoms with E-state index in [1.165, 1.54) is 12.1 Å². The molecule has 1 rings (SSSR count). The highest BCUT2D eigenvalue weighted by Crippen LogP contribution is 2.23. The van der Waals surface area contributed by atoms with Gasteiger partial charge in [0, 0.05) is 12.1 Å². The standard InChI is InChI=1S/C10H10N2O2/c1-7-5-9(12(13)14)3-4-10(7)8(2)6-11/h3-5,8H,1-2H3. The number of rotatable bonds is 2. The first-order valence-electron chi connectivity index (χ1n) is 4.21. The molecular weight excluding hydrogens is 180 g/mol. The number of benzene rings is 1. The van der Waals surface area contributed by atoms with E-state index in [1.807, 2.05) is 0 Å². The van der Waals surface area contributed by atoms with Crippen LogP contribution in [0, 0.1) is 28.4 Å². The summed E-state index contributed by atoms with van der Waals surface area (Å²) >= 11 is 0. The molecule has 0 aliphatic carbocycles. The second-order valence-corrected chi connectivity index (χ2v) is 3.15. The highest BCUT2D eigenvalue weighted by molar-refractivity contribution is 5.42. The summed E-state index contributed by atoms with van der Waals surface area (Å²) in [6, 6.07) is 6.66. The van der Waals surface area contributed by atoms with Crippen LogP contribution < -0.4 is 0 Å². The Morgan fingerprint density at radius 3 is 2.64 bits per heavy atom. The molecule has 0 saturated heterocycles. The Hall–Kier alpha value is -1.89. The molecule has 0 fully saturated rings. The molecular formula is C10H10N2O2. The lowest BCUT2D eigenvalue weighted by Gasteiger charge is -2.06. The molecule has 0 saturated carbocycles. The minimum Gasteiger partial charge on any atom is -0.258 e. The van der Waals surface area contributed by atoms with Gasteiger partial charge in [-0.15, -0.1) is 0 Å². The maximum atomic E-state index is 10.4. The summed E-state index contributed by atoms with van der Waals surface area (Å²) in [7, 11) is 0. The molecule has 1 aromatic rings. The summed E-state index contributed by atoms with van der Waals surface area (Å²) in [6.07, 6.45) is 0. The number of hydrogen-bond donors (Lipinski definition) is 0. The molecule has 0 spiro atoms. The summed E-state index contributed by atoms with van der Waals surface area (Å²) < 4.78 is 0. The van der Waals surface area contributed by atoms with Crippen molar-refractivity contribution in [2.75, 3.05) is 0 Å². The van der Waals surface area contributed by atoms with E-state index < -0.39 is 4.92 Å². The number of nitrogens with zero attached hydrogens (tertiary/aromatic N) is 2. The quantitative estimate of drug-likeness (QED) is 0.531. The Morgan fingerprint density at radius 2 is 2.21 bits per heavy atom. The van der Waals surface area contributed by atoms with Crippen LogP contribution in [0.1, 0.15) is 24.0 Å². The zero-order valence-electron chi connectivity index (χ0n) is 8.02. The zero-order valence-corrected chi connectivity index (χ0v) is 8.02. The van der Waals surface area contributed by atoms with E-state index >= 15 is 0 Å². The van der Waals surface area contributed by atoms with Gasteiger partial charge in [0.2, 0.25) is 0 Å². The first-order chi connectivity index (χ1) is 6.56. The van der Waals surface area contributed by atoms with E-state index in [1.54, 1.807) is 19.9 Å². The van der Waals surface area contributed by atoms with Crippen molar-refractivity contribution in [1.29, 1.82) is 5.26 Å². The van der Waals surface area contributed by atoms with Crippen LogP contribution in [0.3, 0.4) is 0 Å². The van der Waals surface area contributed by atoms with Crippen molar-refractivity contribution < 1.29 is 4.92 Å². The van der Waals surface area contributed by atoms with Gasteiger partial charge in [0.1, 0.15) is 0 Å².